The summed E-state index contributed by atoms with van der Waals surface area (Å²) in [4.78, 5) is 9.02. The molecule has 2 N–H and O–H groups in total. The van der Waals surface area contributed by atoms with Gasteiger partial charge in [-0.2, -0.15) is 0 Å². The Labute approximate surface area is 131 Å². The topological polar surface area (TPSA) is 58.5 Å². The van der Waals surface area contributed by atoms with Gasteiger partial charge in [-0.25, -0.2) is 4.98 Å². The Balaban J connectivity index is 2.28. The fourth-order valence-corrected chi connectivity index (χ4v) is 2.52. The maximum absolute atomic E-state index is 5.03. The number of thiazole rings is 1. The van der Waals surface area contributed by atoms with Crippen LogP contribution in [0.15, 0.2) is 23.0 Å². The molecule has 0 fully saturated rings. The summed E-state index contributed by atoms with van der Waals surface area (Å²) in [5.74, 6) is 0.835. The van der Waals surface area contributed by atoms with Crippen LogP contribution in [0, 0.1) is 6.92 Å². The lowest BCUT2D eigenvalue weighted by Gasteiger charge is -2.11. The molecule has 1 aromatic rings. The molecule has 0 aliphatic carbocycles. The number of guanidine groups is 1. The van der Waals surface area contributed by atoms with Gasteiger partial charge in [0.15, 0.2) is 5.96 Å². The van der Waals surface area contributed by atoms with Crippen molar-refractivity contribution < 1.29 is 4.74 Å². The fourth-order valence-electron chi connectivity index (χ4n) is 1.71. The first-order chi connectivity index (χ1) is 10.3. The Morgan fingerprint density at radius 3 is 3.00 bits per heavy atom. The molecule has 6 heteroatoms. The van der Waals surface area contributed by atoms with Gasteiger partial charge in [-0.15, -0.1) is 17.9 Å². The van der Waals surface area contributed by atoms with Gasteiger partial charge in [0.2, 0.25) is 0 Å². The van der Waals surface area contributed by atoms with Gasteiger partial charge in [-0.3, -0.25) is 4.99 Å². The van der Waals surface area contributed by atoms with Crippen molar-refractivity contribution in [3.05, 3.63) is 28.7 Å². The molecule has 5 nitrogen and oxygen atoms in total. The summed E-state index contributed by atoms with van der Waals surface area (Å²) in [5.41, 5.74) is 1.10. The highest BCUT2D eigenvalue weighted by Gasteiger charge is 1.99. The maximum Gasteiger partial charge on any atom is 0.191 e. The minimum Gasteiger partial charge on any atom is -0.385 e. The van der Waals surface area contributed by atoms with Crippen molar-refractivity contribution in [2.75, 3.05) is 33.4 Å². The van der Waals surface area contributed by atoms with Crippen LogP contribution < -0.4 is 10.6 Å². The number of nitrogens with one attached hydrogen (secondary N) is 2. The Hall–Kier alpha value is -1.40. The SMILES string of the molecule is C=CCNC(=NCCCc1nc(C)cs1)NCCCOC. The van der Waals surface area contributed by atoms with Crippen LogP contribution in [-0.4, -0.2) is 44.3 Å². The van der Waals surface area contributed by atoms with Gasteiger partial charge in [0.05, 0.1) is 5.01 Å². The molecule has 0 saturated heterocycles. The van der Waals surface area contributed by atoms with Gasteiger partial charge < -0.3 is 15.4 Å². The Morgan fingerprint density at radius 2 is 2.33 bits per heavy atom. The molecule has 0 atom stereocenters. The van der Waals surface area contributed by atoms with Crippen LogP contribution in [0.2, 0.25) is 0 Å². The van der Waals surface area contributed by atoms with Gasteiger partial charge in [-0.1, -0.05) is 6.08 Å². The summed E-state index contributed by atoms with van der Waals surface area (Å²) in [6.45, 7) is 8.84. The molecule has 1 rings (SSSR count). The molecule has 0 unspecified atom stereocenters. The van der Waals surface area contributed by atoms with E-state index in [9.17, 15) is 0 Å². The summed E-state index contributed by atoms with van der Waals surface area (Å²) in [6, 6.07) is 0. The number of aliphatic imine (C=N–C) groups is 1. The minimum atomic E-state index is 0.710. The quantitative estimate of drug-likeness (QED) is 0.301. The lowest BCUT2D eigenvalue weighted by molar-refractivity contribution is 0.195. The summed E-state index contributed by atoms with van der Waals surface area (Å²) < 4.78 is 5.03. The molecule has 1 aromatic heterocycles. The van der Waals surface area contributed by atoms with Crippen molar-refractivity contribution in [3.63, 3.8) is 0 Å². The van der Waals surface area contributed by atoms with Crippen LogP contribution in [0.25, 0.3) is 0 Å². The highest BCUT2D eigenvalue weighted by Crippen LogP contribution is 2.10. The number of hydrogen-bond donors (Lipinski definition) is 2. The predicted octanol–water partition coefficient (Wildman–Crippen LogP) is 2.14. The van der Waals surface area contributed by atoms with E-state index < -0.39 is 0 Å². The average Bonchev–Trinajstić information content (AvgIpc) is 2.90. The number of aromatic nitrogens is 1. The minimum absolute atomic E-state index is 0.710. The van der Waals surface area contributed by atoms with Crippen molar-refractivity contribution in [1.29, 1.82) is 0 Å². The molecule has 0 bridgehead atoms. The van der Waals surface area contributed by atoms with Gasteiger partial charge in [0.25, 0.3) is 0 Å². The van der Waals surface area contributed by atoms with Crippen LogP contribution >= 0.6 is 11.3 Å². The molecule has 0 aromatic carbocycles. The summed E-state index contributed by atoms with van der Waals surface area (Å²) in [7, 11) is 1.71. The van der Waals surface area contributed by atoms with E-state index in [0.717, 1.165) is 50.6 Å². The highest BCUT2D eigenvalue weighted by atomic mass is 32.1. The van der Waals surface area contributed by atoms with Crippen LogP contribution in [-0.2, 0) is 11.2 Å². The van der Waals surface area contributed by atoms with Gasteiger partial charge in [0.1, 0.15) is 0 Å². The third kappa shape index (κ3) is 8.47. The third-order valence-electron chi connectivity index (χ3n) is 2.72. The fraction of sp³-hybridized carbons (Fsp3) is 0.600. The number of aryl methyl sites for hydroxylation is 2. The third-order valence-corrected chi connectivity index (χ3v) is 3.74. The monoisotopic (exact) mass is 310 g/mol. The lowest BCUT2D eigenvalue weighted by atomic mass is 10.3. The van der Waals surface area contributed by atoms with Gasteiger partial charge in [-0.05, 0) is 19.8 Å². The van der Waals surface area contributed by atoms with Crippen LogP contribution in [0.3, 0.4) is 0 Å². The standard InChI is InChI=1S/C15H26N4OS/c1-4-8-16-15(18-10-6-11-20-3)17-9-5-7-14-19-13(2)12-21-14/h4,12H,1,5-11H2,2-3H3,(H2,16,17,18). The lowest BCUT2D eigenvalue weighted by Crippen LogP contribution is -2.38. The van der Waals surface area contributed by atoms with Crippen molar-refractivity contribution in [2.45, 2.75) is 26.2 Å². The molecule has 0 aliphatic rings. The van der Waals surface area contributed by atoms with Crippen molar-refractivity contribution in [1.82, 2.24) is 15.6 Å². The zero-order valence-electron chi connectivity index (χ0n) is 13.0. The number of nitrogens with zero attached hydrogens (tertiary/aromatic N) is 2. The molecular weight excluding hydrogens is 284 g/mol. The molecule has 0 amide bonds. The van der Waals surface area contributed by atoms with Crippen LogP contribution in [0.4, 0.5) is 0 Å². The normalized spacial score (nSPS) is 11.4. The molecule has 0 spiro atoms. The number of rotatable bonds is 10. The van der Waals surface area contributed by atoms with E-state index in [-0.39, 0.29) is 0 Å². The first-order valence-electron chi connectivity index (χ1n) is 7.29. The molecule has 1 heterocycles. The maximum atomic E-state index is 5.03. The van der Waals surface area contributed by atoms with Crippen molar-refractivity contribution in [3.8, 4) is 0 Å². The molecule has 0 radical (unpaired) electrons. The highest BCUT2D eigenvalue weighted by molar-refractivity contribution is 7.09. The van der Waals surface area contributed by atoms with Crippen LogP contribution in [0.5, 0.6) is 0 Å². The van der Waals surface area contributed by atoms with Crippen LogP contribution in [0.1, 0.15) is 23.5 Å². The van der Waals surface area contributed by atoms with Crippen molar-refractivity contribution in [2.24, 2.45) is 4.99 Å². The van der Waals surface area contributed by atoms with E-state index >= 15 is 0 Å². The molecule has 118 valence electrons. The van der Waals surface area contributed by atoms with E-state index in [1.165, 1.54) is 5.01 Å². The van der Waals surface area contributed by atoms with E-state index in [0.29, 0.717) is 6.54 Å². The van der Waals surface area contributed by atoms with E-state index in [4.69, 9.17) is 4.74 Å². The molecule has 21 heavy (non-hydrogen) atoms. The predicted molar refractivity (Wildman–Crippen MR) is 90.2 cm³/mol. The molecular formula is C15H26N4OS. The summed E-state index contributed by atoms with van der Waals surface area (Å²) in [6.07, 6.45) is 4.78. The van der Waals surface area contributed by atoms with Gasteiger partial charge in [0, 0.05) is 50.8 Å². The molecule has 0 saturated carbocycles. The number of hydrogen-bond acceptors (Lipinski definition) is 4. The number of ether oxygens (including phenoxy) is 1. The Morgan fingerprint density at radius 1 is 1.48 bits per heavy atom. The average molecular weight is 310 g/mol. The first kappa shape index (κ1) is 17.7. The Bertz CT molecular complexity index is 431. The first-order valence-corrected chi connectivity index (χ1v) is 8.17. The van der Waals surface area contributed by atoms with Gasteiger partial charge >= 0.3 is 0 Å². The zero-order chi connectivity index (χ0) is 15.3. The van der Waals surface area contributed by atoms with Crippen molar-refractivity contribution >= 4 is 17.3 Å². The number of methoxy groups -OCH3 is 1. The van der Waals surface area contributed by atoms with E-state index in [1.54, 1.807) is 18.4 Å². The Kier molecular flexibility index (Phi) is 9.48. The second-order valence-electron chi connectivity index (χ2n) is 4.66. The second-order valence-corrected chi connectivity index (χ2v) is 5.60. The smallest absolute Gasteiger partial charge is 0.191 e. The largest absolute Gasteiger partial charge is 0.385 e. The summed E-state index contributed by atoms with van der Waals surface area (Å²) in [5, 5.41) is 9.79. The molecule has 0 aliphatic heterocycles. The van der Waals surface area contributed by atoms with E-state index in [1.807, 2.05) is 13.0 Å². The van der Waals surface area contributed by atoms with E-state index in [2.05, 4.69) is 32.6 Å². The zero-order valence-corrected chi connectivity index (χ0v) is 13.8. The second kappa shape index (κ2) is 11.3. The summed E-state index contributed by atoms with van der Waals surface area (Å²) >= 11 is 1.72.